The molecule has 1 saturated heterocycles. The van der Waals surface area contributed by atoms with Crippen LogP contribution in [0.1, 0.15) is 29.5 Å². The Kier molecular flexibility index (Phi) is 6.59. The number of piperidine rings is 1. The Morgan fingerprint density at radius 3 is 2.28 bits per heavy atom. The summed E-state index contributed by atoms with van der Waals surface area (Å²) < 4.78 is 33.8. The number of hydrogen-bond donors (Lipinski definition) is 1. The third-order valence-electron chi connectivity index (χ3n) is 5.17. The molecule has 0 aromatic heterocycles. The number of rotatable bonds is 6. The van der Waals surface area contributed by atoms with Crippen LogP contribution in [0.4, 0.5) is 0 Å². The van der Waals surface area contributed by atoms with Crippen LogP contribution in [-0.4, -0.2) is 45.0 Å². The minimum Gasteiger partial charge on any atom is -0.484 e. The van der Waals surface area contributed by atoms with E-state index in [1.807, 2.05) is 44.2 Å². The summed E-state index contributed by atoms with van der Waals surface area (Å²) in [6.45, 7) is 6.74. The Balaban J connectivity index is 1.50. The Morgan fingerprint density at radius 1 is 1.03 bits per heavy atom. The van der Waals surface area contributed by atoms with Gasteiger partial charge in [-0.05, 0) is 57.4 Å². The smallest absolute Gasteiger partial charge is 0.260 e. The van der Waals surface area contributed by atoms with E-state index >= 15 is 0 Å². The van der Waals surface area contributed by atoms with E-state index < -0.39 is 10.0 Å². The van der Waals surface area contributed by atoms with Gasteiger partial charge in [-0.2, -0.15) is 0 Å². The van der Waals surface area contributed by atoms with E-state index in [9.17, 15) is 13.2 Å². The molecule has 29 heavy (non-hydrogen) atoms. The number of amides is 1. The molecule has 3 rings (SSSR count). The molecule has 2 aromatic carbocycles. The maximum atomic E-state index is 12.7. The van der Waals surface area contributed by atoms with Crippen molar-refractivity contribution in [1.82, 2.24) is 9.62 Å². The lowest BCUT2D eigenvalue weighted by Gasteiger charge is -2.32. The zero-order chi connectivity index (χ0) is 21.0. The highest BCUT2D eigenvalue weighted by Gasteiger charge is 2.27. The van der Waals surface area contributed by atoms with Crippen LogP contribution in [0.2, 0.25) is 0 Å². The molecule has 0 aliphatic carbocycles. The monoisotopic (exact) mass is 416 g/mol. The first kappa shape index (κ1) is 21.3. The van der Waals surface area contributed by atoms with Crippen molar-refractivity contribution in [3.05, 3.63) is 59.2 Å². The summed E-state index contributed by atoms with van der Waals surface area (Å²) in [5.41, 5.74) is 2.90. The summed E-state index contributed by atoms with van der Waals surface area (Å²) >= 11 is 0. The van der Waals surface area contributed by atoms with Gasteiger partial charge in [0.25, 0.3) is 5.91 Å². The second kappa shape index (κ2) is 8.97. The van der Waals surface area contributed by atoms with Gasteiger partial charge in [0.05, 0.1) is 4.90 Å². The molecule has 0 atom stereocenters. The lowest BCUT2D eigenvalue weighted by molar-refractivity contribution is -0.134. The van der Waals surface area contributed by atoms with Crippen LogP contribution in [0.25, 0.3) is 0 Å². The number of nitrogens with one attached hydrogen (secondary N) is 1. The van der Waals surface area contributed by atoms with E-state index in [2.05, 4.69) is 4.72 Å². The van der Waals surface area contributed by atoms with Gasteiger partial charge in [0.2, 0.25) is 10.0 Å². The first-order valence-corrected chi connectivity index (χ1v) is 11.3. The zero-order valence-electron chi connectivity index (χ0n) is 17.1. The Labute approximate surface area is 172 Å². The van der Waals surface area contributed by atoms with Crippen LogP contribution in [0.3, 0.4) is 0 Å². The number of aryl methyl sites for hydroxylation is 3. The highest BCUT2D eigenvalue weighted by Crippen LogP contribution is 2.19. The Morgan fingerprint density at radius 2 is 1.66 bits per heavy atom. The minimum absolute atomic E-state index is 0.0119. The second-order valence-corrected chi connectivity index (χ2v) is 9.33. The Bertz CT molecular complexity index is 963. The molecular weight excluding hydrogens is 388 g/mol. The quantitative estimate of drug-likeness (QED) is 0.786. The normalized spacial score (nSPS) is 15.3. The predicted molar refractivity (Wildman–Crippen MR) is 113 cm³/mol. The number of likely N-dealkylation sites (tertiary alicyclic amines) is 1. The molecule has 1 aliphatic heterocycles. The average Bonchev–Trinajstić information content (AvgIpc) is 2.67. The van der Waals surface area contributed by atoms with Crippen molar-refractivity contribution in [3.63, 3.8) is 0 Å². The van der Waals surface area contributed by atoms with Gasteiger partial charge < -0.3 is 9.64 Å². The summed E-state index contributed by atoms with van der Waals surface area (Å²) in [6, 6.07) is 12.7. The molecule has 0 saturated carbocycles. The third kappa shape index (κ3) is 5.58. The number of benzene rings is 2. The minimum atomic E-state index is -3.57. The van der Waals surface area contributed by atoms with Crippen molar-refractivity contribution in [2.45, 2.75) is 44.6 Å². The fourth-order valence-electron chi connectivity index (χ4n) is 3.50. The fourth-order valence-corrected chi connectivity index (χ4v) is 5.03. The molecule has 0 unspecified atom stereocenters. The highest BCUT2D eigenvalue weighted by molar-refractivity contribution is 7.89. The Hall–Kier alpha value is -2.38. The van der Waals surface area contributed by atoms with Crippen molar-refractivity contribution < 1.29 is 17.9 Å². The maximum Gasteiger partial charge on any atom is 0.260 e. The van der Waals surface area contributed by atoms with E-state index in [1.165, 1.54) is 0 Å². The average molecular weight is 417 g/mol. The van der Waals surface area contributed by atoms with Crippen molar-refractivity contribution in [1.29, 1.82) is 0 Å². The van der Waals surface area contributed by atoms with Crippen LogP contribution in [0.5, 0.6) is 5.75 Å². The molecule has 0 radical (unpaired) electrons. The molecule has 1 heterocycles. The third-order valence-corrected chi connectivity index (χ3v) is 6.85. The molecule has 1 aliphatic rings. The lowest BCUT2D eigenvalue weighted by Crippen LogP contribution is -2.47. The van der Waals surface area contributed by atoms with Crippen molar-refractivity contribution in [3.8, 4) is 5.75 Å². The van der Waals surface area contributed by atoms with Crippen molar-refractivity contribution in [2.24, 2.45) is 0 Å². The van der Waals surface area contributed by atoms with Crippen LogP contribution in [-0.2, 0) is 14.8 Å². The lowest BCUT2D eigenvalue weighted by atomic mass is 10.1. The summed E-state index contributed by atoms with van der Waals surface area (Å²) in [5, 5.41) is 0. The van der Waals surface area contributed by atoms with Crippen LogP contribution >= 0.6 is 0 Å². The van der Waals surface area contributed by atoms with Crippen LogP contribution in [0.15, 0.2) is 47.4 Å². The number of carbonyl (C=O) groups is 1. The van der Waals surface area contributed by atoms with E-state index in [-0.39, 0.29) is 18.6 Å². The van der Waals surface area contributed by atoms with Gasteiger partial charge in [0.15, 0.2) is 6.61 Å². The molecular formula is C22H28N2O4S. The SMILES string of the molecule is Cc1ccc(OCC(=O)N2CCC(NS(=O)(=O)c3ccc(C)cc3C)CC2)cc1. The molecule has 1 N–H and O–H groups in total. The van der Waals surface area contributed by atoms with Gasteiger partial charge in [0.1, 0.15) is 5.75 Å². The van der Waals surface area contributed by atoms with E-state index in [0.717, 1.165) is 16.7 Å². The first-order chi connectivity index (χ1) is 13.7. The molecule has 156 valence electrons. The number of ether oxygens (including phenoxy) is 1. The van der Waals surface area contributed by atoms with Gasteiger partial charge >= 0.3 is 0 Å². The number of sulfonamides is 1. The topological polar surface area (TPSA) is 75.7 Å². The number of carbonyl (C=O) groups excluding carboxylic acids is 1. The largest absolute Gasteiger partial charge is 0.484 e. The zero-order valence-corrected chi connectivity index (χ0v) is 18.0. The molecule has 6 nitrogen and oxygen atoms in total. The predicted octanol–water partition coefficient (Wildman–Crippen LogP) is 2.96. The molecule has 7 heteroatoms. The first-order valence-electron chi connectivity index (χ1n) is 9.81. The van der Waals surface area contributed by atoms with Gasteiger partial charge in [0, 0.05) is 19.1 Å². The molecule has 0 spiro atoms. The van der Waals surface area contributed by atoms with Crippen LogP contribution in [0, 0.1) is 20.8 Å². The summed E-state index contributed by atoms with van der Waals surface area (Å²) in [5.74, 6) is 0.585. The summed E-state index contributed by atoms with van der Waals surface area (Å²) in [7, 11) is -3.57. The van der Waals surface area contributed by atoms with Gasteiger partial charge in [-0.25, -0.2) is 13.1 Å². The van der Waals surface area contributed by atoms with E-state index in [0.29, 0.717) is 36.6 Å². The summed E-state index contributed by atoms with van der Waals surface area (Å²) in [4.78, 5) is 14.4. The van der Waals surface area contributed by atoms with Gasteiger partial charge in [-0.3, -0.25) is 4.79 Å². The molecule has 1 fully saturated rings. The van der Waals surface area contributed by atoms with Crippen LogP contribution < -0.4 is 9.46 Å². The van der Waals surface area contributed by atoms with Crippen molar-refractivity contribution in [2.75, 3.05) is 19.7 Å². The van der Waals surface area contributed by atoms with Gasteiger partial charge in [-0.1, -0.05) is 35.4 Å². The van der Waals surface area contributed by atoms with E-state index in [4.69, 9.17) is 4.74 Å². The standard InChI is InChI=1S/C22H28N2O4S/c1-16-4-7-20(8-5-16)28-15-22(25)24-12-10-19(11-13-24)23-29(26,27)21-9-6-17(2)14-18(21)3/h4-9,14,19,23H,10-13,15H2,1-3H3. The van der Waals surface area contributed by atoms with E-state index in [1.54, 1.807) is 24.0 Å². The van der Waals surface area contributed by atoms with Gasteiger partial charge in [-0.15, -0.1) is 0 Å². The fraction of sp³-hybridized carbons (Fsp3) is 0.409. The second-order valence-electron chi connectivity index (χ2n) is 7.65. The highest BCUT2D eigenvalue weighted by atomic mass is 32.2. The van der Waals surface area contributed by atoms with Crippen molar-refractivity contribution >= 4 is 15.9 Å². The molecule has 1 amide bonds. The number of nitrogens with zero attached hydrogens (tertiary/aromatic N) is 1. The summed E-state index contributed by atoms with van der Waals surface area (Å²) in [6.07, 6.45) is 1.17. The molecule has 0 bridgehead atoms. The molecule has 2 aromatic rings. The number of hydrogen-bond acceptors (Lipinski definition) is 4. The maximum absolute atomic E-state index is 12.7.